The monoisotopic (exact) mass is 1360 g/mol. The molecular weight excluding hydrogens is 1270 g/mol. The Morgan fingerprint density at radius 2 is 0.905 bits per heavy atom. The Morgan fingerprint density at radius 3 is 1.24 bits per heavy atom. The third-order valence-electron chi connectivity index (χ3n) is 17.3. The van der Waals surface area contributed by atoms with Gasteiger partial charge in [0.2, 0.25) is 11.8 Å². The number of carbonyl (C=O) groups is 7. The highest BCUT2D eigenvalue weighted by Gasteiger charge is 2.42. The van der Waals surface area contributed by atoms with Crippen LogP contribution < -0.4 is 38.1 Å². The Hall–Kier alpha value is -8.59. The van der Waals surface area contributed by atoms with Crippen molar-refractivity contribution < 1.29 is 66.2 Å². The van der Waals surface area contributed by atoms with Gasteiger partial charge in [0.05, 0.1) is 0 Å². The highest BCUT2D eigenvalue weighted by molar-refractivity contribution is 7.11. The molecule has 4 aromatic heterocycles. The van der Waals surface area contributed by atoms with Crippen LogP contribution in [0.25, 0.3) is 34.0 Å². The predicted molar refractivity (Wildman–Crippen MR) is 359 cm³/mol. The zero-order chi connectivity index (χ0) is 69.6. The number of amides is 6. The number of nitrogens with two attached hydrogens (primary N) is 1. The summed E-state index contributed by atoms with van der Waals surface area (Å²) in [4.78, 5) is 83.7. The lowest BCUT2D eigenvalue weighted by molar-refractivity contribution is -0.136. The van der Waals surface area contributed by atoms with Crippen molar-refractivity contribution in [2.24, 2.45) is 17.6 Å². The van der Waals surface area contributed by atoms with Gasteiger partial charge in [-0.2, -0.15) is 0 Å². The average Bonchev–Trinajstić information content (AvgIpc) is 1.72. The number of aromatic nitrogens is 5. The van der Waals surface area contributed by atoms with E-state index in [2.05, 4.69) is 126 Å². The third-order valence-corrected chi connectivity index (χ3v) is 27.7. The fourth-order valence-corrected chi connectivity index (χ4v) is 12.8. The van der Waals surface area contributed by atoms with Crippen molar-refractivity contribution in [1.82, 2.24) is 58.0 Å². The smallest absolute Gasteiger partial charge is 0.358 e. The summed E-state index contributed by atoms with van der Waals surface area (Å²) in [6, 6.07) is 32.8. The van der Waals surface area contributed by atoms with E-state index in [4.69, 9.17) is 33.3 Å². The molecular formula is C66H88N12O14SSi2. The minimum Gasteiger partial charge on any atom is -0.476 e. The topological polar surface area (TPSA) is 380 Å². The van der Waals surface area contributed by atoms with Crippen molar-refractivity contribution >= 4 is 69.4 Å². The number of hydrazine groups is 2. The van der Waals surface area contributed by atoms with Crippen molar-refractivity contribution in [3.05, 3.63) is 136 Å². The van der Waals surface area contributed by atoms with Crippen molar-refractivity contribution in [2.75, 3.05) is 0 Å². The van der Waals surface area contributed by atoms with Crippen molar-refractivity contribution in [2.45, 2.75) is 179 Å². The summed E-state index contributed by atoms with van der Waals surface area (Å²) in [6.45, 7) is 26.0. The van der Waals surface area contributed by atoms with Crippen LogP contribution in [0, 0.1) is 11.8 Å². The Bertz CT molecular complexity index is 3700. The number of carbonyl (C=O) groups excluding carboxylic acids is 6. The Kier molecular flexibility index (Phi) is 25.0. The van der Waals surface area contributed by atoms with E-state index in [0.717, 1.165) is 34.5 Å². The molecule has 0 unspecified atom stereocenters. The van der Waals surface area contributed by atoms with Gasteiger partial charge in [-0.15, -0.1) is 10.2 Å². The summed E-state index contributed by atoms with van der Waals surface area (Å²) in [7, 11) is -4.10. The van der Waals surface area contributed by atoms with Crippen molar-refractivity contribution in [3.63, 3.8) is 0 Å². The van der Waals surface area contributed by atoms with Crippen LogP contribution in [0.15, 0.2) is 123 Å². The maximum atomic E-state index is 12.4. The number of aliphatic hydroxyl groups excluding tert-OH is 1. The van der Waals surface area contributed by atoms with Crippen LogP contribution in [0.2, 0.25) is 36.3 Å². The zero-order valence-electron chi connectivity index (χ0n) is 55.8. The minimum atomic E-state index is -2.10. The number of aliphatic hydroxyl groups is 1. The quantitative estimate of drug-likeness (QED) is 0.0285. The van der Waals surface area contributed by atoms with Gasteiger partial charge in [-0.3, -0.25) is 50.5 Å². The maximum Gasteiger partial charge on any atom is 0.358 e. The minimum absolute atomic E-state index is 0.0226. The molecule has 4 heterocycles. The lowest BCUT2D eigenvalue weighted by Crippen LogP contribution is -2.55. The largest absolute Gasteiger partial charge is 0.476 e. The normalized spacial score (nSPS) is 19.1. The number of hydrogen-bond acceptors (Lipinski definition) is 20. The molecule has 3 aromatic carbocycles. The molecule has 10 N–H and O–H groups in total. The number of carboxylic acids is 1. The Labute approximate surface area is 558 Å². The molecule has 0 radical (unpaired) electrons. The van der Waals surface area contributed by atoms with Crippen LogP contribution in [0.5, 0.6) is 0 Å². The van der Waals surface area contributed by atoms with Gasteiger partial charge in [-0.25, -0.2) is 4.79 Å². The van der Waals surface area contributed by atoms with Crippen LogP contribution in [-0.4, -0.2) is 124 Å². The number of aromatic carboxylic acids is 1. The van der Waals surface area contributed by atoms with Gasteiger partial charge in [0.15, 0.2) is 51.0 Å². The number of hydrogen-bond donors (Lipinski definition) is 9. The van der Waals surface area contributed by atoms with Gasteiger partial charge in [0.25, 0.3) is 23.6 Å². The highest BCUT2D eigenvalue weighted by atomic mass is 32.1. The van der Waals surface area contributed by atoms with Gasteiger partial charge >= 0.3 is 5.97 Å². The van der Waals surface area contributed by atoms with Crippen LogP contribution in [0.3, 0.4) is 0 Å². The summed E-state index contributed by atoms with van der Waals surface area (Å²) in [5, 5.41) is 44.8. The molecule has 26 nitrogen and oxygen atoms in total. The molecule has 10 rings (SSSR count). The maximum absolute atomic E-state index is 12.4. The standard InChI is InChI=1S/C24H34N4O5Si.C18H18N4O3S.C14H29N3O3Si.C10H7NO3/c1-15(33-34(5,6)24(2,3)4)21(29)26-27-22(30)17-12-18(13-17)25-23(31)19-14-20(32-28-19)16-10-8-7-9-11-16;1-10(23)17-20-21-18(26-17)12-7-13(8-12)19-16(24)14-9-15(25-22-14)11-5-3-2-4-6-11;1-9(20-21(5,6)14(2,3)4)12(18)16-17-13(19)10-7-11(15)8-10;12-10(13)8-6-9(14-11-8)7-4-2-1-3-5-7/h7-11,14-15,17-18H,12-13H2,1-6H3,(H,25,31)(H,26,29)(H,27,30);2-6,9-10,12-13,23H,7-8H2,1H3,(H,19,24);9-11H,7-8,15H2,1-6H3,(H,16,18)(H,17,19);1-6H,(H,12,13)/t15-,17?,18?;10-,12?,13?;9-,10?,11?;/m000./s1. The predicted octanol–water partition coefficient (Wildman–Crippen LogP) is 9.65. The van der Waals surface area contributed by atoms with Crippen LogP contribution >= 0.6 is 11.3 Å². The number of benzene rings is 3. The number of nitrogens with one attached hydrogen (secondary N) is 6. The van der Waals surface area contributed by atoms with E-state index in [1.807, 2.05) is 91.0 Å². The van der Waals surface area contributed by atoms with E-state index < -0.39 is 40.9 Å². The lowest BCUT2D eigenvalue weighted by atomic mass is 9.79. The second-order valence-corrected chi connectivity index (χ2v) is 37.4. The molecule has 510 valence electrons. The SMILES string of the molecule is C[C@H](O)c1nnc(C2CC(NC(=O)c3cc(-c4ccccc4)on3)C2)s1.C[C@H](O[Si](C)(C)C(C)(C)C)C(=O)NNC(=O)C1CC(N)C1.C[C@H](O[Si](C)(C)C(C)(C)C)C(=O)NNC(=O)C1CC(NC(=O)c2cc(-c3ccccc3)on2)C1.O=C(O)c1cc(-c2ccccc2)on1. The summed E-state index contributed by atoms with van der Waals surface area (Å²) in [5.41, 5.74) is 18.4. The Balaban J connectivity index is 0.000000187. The van der Waals surface area contributed by atoms with Gasteiger partial charge in [0, 0.05) is 70.8 Å². The molecule has 0 bridgehead atoms. The fourth-order valence-electron chi connectivity index (χ4n) is 9.22. The van der Waals surface area contributed by atoms with Gasteiger partial charge in [-0.1, -0.05) is 159 Å². The molecule has 3 saturated carbocycles. The molecule has 3 aliphatic carbocycles. The molecule has 3 atom stereocenters. The highest BCUT2D eigenvalue weighted by Crippen LogP contribution is 2.41. The molecule has 3 fully saturated rings. The molecule has 29 heteroatoms. The first-order chi connectivity index (χ1) is 44.7. The van der Waals surface area contributed by atoms with E-state index in [1.54, 1.807) is 32.9 Å². The second kappa shape index (κ2) is 32.2. The molecule has 3 aliphatic rings. The van der Waals surface area contributed by atoms with E-state index in [0.29, 0.717) is 48.0 Å². The average molecular weight is 1360 g/mol. The first-order valence-electron chi connectivity index (χ1n) is 31.4. The molecule has 6 amide bonds. The molecule has 0 spiro atoms. The van der Waals surface area contributed by atoms with Crippen molar-refractivity contribution in [3.8, 4) is 34.0 Å². The summed E-state index contributed by atoms with van der Waals surface area (Å²) in [5.74, 6) is -1.39. The van der Waals surface area contributed by atoms with Crippen molar-refractivity contribution in [1.29, 1.82) is 0 Å². The number of rotatable bonds is 18. The first-order valence-corrected chi connectivity index (χ1v) is 38.0. The summed E-state index contributed by atoms with van der Waals surface area (Å²) >= 11 is 1.43. The molecule has 0 saturated heterocycles. The van der Waals surface area contributed by atoms with E-state index in [1.165, 1.54) is 17.4 Å². The first kappa shape index (κ1) is 73.8. The summed E-state index contributed by atoms with van der Waals surface area (Å²) in [6.07, 6.45) is 2.08. The van der Waals surface area contributed by atoms with Crippen LogP contribution in [0.1, 0.15) is 154 Å². The van der Waals surface area contributed by atoms with E-state index in [-0.39, 0.29) is 98.5 Å². The van der Waals surface area contributed by atoms with Gasteiger partial charge in [0.1, 0.15) is 28.3 Å². The molecule has 0 aliphatic heterocycles. The molecule has 95 heavy (non-hydrogen) atoms. The number of carboxylic acid groups (broad SMARTS) is 1. The van der Waals surface area contributed by atoms with E-state index >= 15 is 0 Å². The van der Waals surface area contributed by atoms with Gasteiger partial charge < -0.3 is 49.0 Å². The zero-order valence-corrected chi connectivity index (χ0v) is 58.7. The fraction of sp³-hybridized carbons (Fsp3) is 0.455. The Morgan fingerprint density at radius 1 is 0.547 bits per heavy atom. The van der Waals surface area contributed by atoms with Crippen LogP contribution in [-0.2, 0) is 28.0 Å². The molecule has 7 aromatic rings. The second-order valence-electron chi connectivity index (χ2n) is 26.9. The summed E-state index contributed by atoms with van der Waals surface area (Å²) < 4.78 is 27.4. The van der Waals surface area contributed by atoms with E-state index in [9.17, 15) is 38.7 Å². The van der Waals surface area contributed by atoms with Gasteiger partial charge in [-0.05, 0) is 95.6 Å². The lowest BCUT2D eigenvalue weighted by Gasteiger charge is -2.38. The number of nitrogens with zero attached hydrogens (tertiary/aromatic N) is 5. The van der Waals surface area contributed by atoms with Crippen LogP contribution in [0.4, 0.5) is 0 Å². The third kappa shape index (κ3) is 20.7.